The van der Waals surface area contributed by atoms with Crippen molar-refractivity contribution in [2.45, 2.75) is 19.8 Å². The van der Waals surface area contributed by atoms with Gasteiger partial charge in [0.05, 0.1) is 5.69 Å². The highest BCUT2D eigenvalue weighted by atomic mass is 16.2. The van der Waals surface area contributed by atoms with Crippen molar-refractivity contribution in [1.29, 1.82) is 0 Å². The van der Waals surface area contributed by atoms with Gasteiger partial charge in [0.15, 0.2) is 0 Å². The lowest BCUT2D eigenvalue weighted by atomic mass is 10.2. The molecule has 6 heteroatoms. The lowest BCUT2D eigenvalue weighted by Gasteiger charge is -2.21. The van der Waals surface area contributed by atoms with Gasteiger partial charge in [0.25, 0.3) is 5.91 Å². The summed E-state index contributed by atoms with van der Waals surface area (Å²) in [6.45, 7) is 7.14. The van der Waals surface area contributed by atoms with Crippen LogP contribution in [-0.4, -0.2) is 64.8 Å². The molecule has 1 aromatic rings. The zero-order valence-electron chi connectivity index (χ0n) is 12.5. The van der Waals surface area contributed by atoms with Crippen molar-refractivity contribution in [2.75, 3.05) is 39.3 Å². The minimum absolute atomic E-state index is 0.0919. The van der Waals surface area contributed by atoms with Crippen LogP contribution >= 0.6 is 0 Å². The number of rotatable bonds is 4. The van der Waals surface area contributed by atoms with Crippen molar-refractivity contribution in [2.24, 2.45) is 12.8 Å². The van der Waals surface area contributed by atoms with E-state index in [1.807, 2.05) is 24.9 Å². The van der Waals surface area contributed by atoms with Crippen LogP contribution in [0.5, 0.6) is 0 Å². The predicted molar refractivity (Wildman–Crippen MR) is 78.6 cm³/mol. The number of carbonyl (C=O) groups excluding carboxylic acids is 1. The largest absolute Gasteiger partial charge is 0.336 e. The van der Waals surface area contributed by atoms with Gasteiger partial charge >= 0.3 is 0 Å². The molecule has 20 heavy (non-hydrogen) atoms. The Hall–Kier alpha value is -1.40. The highest BCUT2D eigenvalue weighted by Gasteiger charge is 2.22. The minimum Gasteiger partial charge on any atom is -0.336 e. The molecule has 0 saturated carbocycles. The maximum Gasteiger partial charge on any atom is 0.272 e. The van der Waals surface area contributed by atoms with E-state index in [1.54, 1.807) is 4.68 Å². The number of hydrogen-bond acceptors (Lipinski definition) is 4. The first-order chi connectivity index (χ1) is 9.65. The Morgan fingerprint density at radius 3 is 2.80 bits per heavy atom. The monoisotopic (exact) mass is 279 g/mol. The van der Waals surface area contributed by atoms with E-state index in [0.717, 1.165) is 51.3 Å². The fourth-order valence-corrected chi connectivity index (χ4v) is 2.64. The van der Waals surface area contributed by atoms with Crippen LogP contribution in [0.2, 0.25) is 0 Å². The molecule has 1 fully saturated rings. The SMILES string of the molecule is CCc1cc(C(=O)N2CCCN(CCN)CC2)n(C)n1. The molecule has 0 atom stereocenters. The highest BCUT2D eigenvalue weighted by Crippen LogP contribution is 2.10. The molecule has 0 radical (unpaired) electrons. The van der Waals surface area contributed by atoms with E-state index in [2.05, 4.69) is 10.00 Å². The van der Waals surface area contributed by atoms with Crippen LogP contribution in [-0.2, 0) is 13.5 Å². The van der Waals surface area contributed by atoms with Gasteiger partial charge in [-0.05, 0) is 25.5 Å². The quantitative estimate of drug-likeness (QED) is 0.848. The lowest BCUT2D eigenvalue weighted by Crippen LogP contribution is -2.37. The molecule has 112 valence electrons. The first kappa shape index (κ1) is 15.0. The average molecular weight is 279 g/mol. The van der Waals surface area contributed by atoms with Crippen molar-refractivity contribution < 1.29 is 4.79 Å². The fraction of sp³-hybridized carbons (Fsp3) is 0.714. The Kier molecular flexibility index (Phi) is 5.14. The fourth-order valence-electron chi connectivity index (χ4n) is 2.64. The van der Waals surface area contributed by atoms with Gasteiger partial charge in [-0.3, -0.25) is 9.48 Å². The second-order valence-corrected chi connectivity index (χ2v) is 5.27. The van der Waals surface area contributed by atoms with Crippen LogP contribution in [0.1, 0.15) is 29.5 Å². The average Bonchev–Trinajstić information content (AvgIpc) is 2.67. The van der Waals surface area contributed by atoms with Gasteiger partial charge in [0.1, 0.15) is 5.69 Å². The Labute approximate surface area is 120 Å². The van der Waals surface area contributed by atoms with Crippen molar-refractivity contribution in [1.82, 2.24) is 19.6 Å². The molecule has 0 spiro atoms. The third-order valence-electron chi connectivity index (χ3n) is 3.83. The second kappa shape index (κ2) is 6.85. The van der Waals surface area contributed by atoms with Crippen LogP contribution in [0.4, 0.5) is 0 Å². The van der Waals surface area contributed by atoms with E-state index in [4.69, 9.17) is 5.73 Å². The second-order valence-electron chi connectivity index (χ2n) is 5.27. The van der Waals surface area contributed by atoms with E-state index in [0.29, 0.717) is 12.2 Å². The summed E-state index contributed by atoms with van der Waals surface area (Å²) in [6, 6.07) is 1.91. The molecule has 2 rings (SSSR count). The maximum absolute atomic E-state index is 12.6. The van der Waals surface area contributed by atoms with Crippen molar-refractivity contribution in [3.63, 3.8) is 0 Å². The van der Waals surface area contributed by atoms with Gasteiger partial charge in [0.2, 0.25) is 0 Å². The Bertz CT molecular complexity index is 456. The van der Waals surface area contributed by atoms with Gasteiger partial charge in [-0.25, -0.2) is 0 Å². The Morgan fingerprint density at radius 1 is 1.35 bits per heavy atom. The van der Waals surface area contributed by atoms with E-state index in [1.165, 1.54) is 0 Å². The van der Waals surface area contributed by atoms with Gasteiger partial charge in [0, 0.05) is 39.8 Å². The summed E-state index contributed by atoms with van der Waals surface area (Å²) >= 11 is 0. The summed E-state index contributed by atoms with van der Waals surface area (Å²) in [5.74, 6) is 0.0919. The maximum atomic E-state index is 12.6. The van der Waals surface area contributed by atoms with E-state index in [9.17, 15) is 4.79 Å². The summed E-state index contributed by atoms with van der Waals surface area (Å²) in [5, 5.41) is 4.36. The molecule has 2 heterocycles. The first-order valence-corrected chi connectivity index (χ1v) is 7.40. The summed E-state index contributed by atoms with van der Waals surface area (Å²) in [7, 11) is 1.84. The predicted octanol–water partition coefficient (Wildman–Crippen LogP) is 0.0891. The summed E-state index contributed by atoms with van der Waals surface area (Å²) in [4.78, 5) is 16.9. The van der Waals surface area contributed by atoms with Crippen molar-refractivity contribution in [3.05, 3.63) is 17.5 Å². The lowest BCUT2D eigenvalue weighted by molar-refractivity contribution is 0.0750. The van der Waals surface area contributed by atoms with Crippen LogP contribution in [0.3, 0.4) is 0 Å². The molecule has 6 nitrogen and oxygen atoms in total. The number of nitrogens with zero attached hydrogens (tertiary/aromatic N) is 4. The third-order valence-corrected chi connectivity index (χ3v) is 3.83. The molecule has 0 aliphatic carbocycles. The first-order valence-electron chi connectivity index (χ1n) is 7.40. The number of amides is 1. The molecule has 1 amide bonds. The number of aryl methyl sites for hydroxylation is 2. The molecular weight excluding hydrogens is 254 g/mol. The molecule has 1 aliphatic heterocycles. The van der Waals surface area contributed by atoms with Crippen LogP contribution in [0.15, 0.2) is 6.07 Å². The van der Waals surface area contributed by atoms with Crippen molar-refractivity contribution in [3.8, 4) is 0 Å². The Balaban J connectivity index is 2.03. The zero-order valence-corrected chi connectivity index (χ0v) is 12.5. The highest BCUT2D eigenvalue weighted by molar-refractivity contribution is 5.92. The zero-order chi connectivity index (χ0) is 14.5. The summed E-state index contributed by atoms with van der Waals surface area (Å²) < 4.78 is 1.70. The Morgan fingerprint density at radius 2 is 2.15 bits per heavy atom. The van der Waals surface area contributed by atoms with Gasteiger partial charge in [-0.1, -0.05) is 6.92 Å². The van der Waals surface area contributed by atoms with Crippen LogP contribution in [0, 0.1) is 0 Å². The van der Waals surface area contributed by atoms with Gasteiger partial charge in [-0.15, -0.1) is 0 Å². The number of hydrogen-bond donors (Lipinski definition) is 1. The minimum atomic E-state index is 0.0919. The molecule has 0 aromatic carbocycles. The van der Waals surface area contributed by atoms with Gasteiger partial charge < -0.3 is 15.5 Å². The van der Waals surface area contributed by atoms with Crippen molar-refractivity contribution >= 4 is 5.91 Å². The standard InChI is InChI=1S/C14H25N5O/c1-3-12-11-13(17(2)16-12)14(20)19-7-4-6-18(8-5-15)9-10-19/h11H,3-10,15H2,1-2H3. The van der Waals surface area contributed by atoms with Gasteiger partial charge in [-0.2, -0.15) is 5.10 Å². The topological polar surface area (TPSA) is 67.4 Å². The van der Waals surface area contributed by atoms with E-state index < -0.39 is 0 Å². The number of nitrogens with two attached hydrogens (primary N) is 1. The molecule has 2 N–H and O–H groups in total. The summed E-state index contributed by atoms with van der Waals surface area (Å²) in [5.41, 5.74) is 7.26. The number of aromatic nitrogens is 2. The normalized spacial score (nSPS) is 17.2. The molecule has 1 aromatic heterocycles. The molecule has 1 saturated heterocycles. The summed E-state index contributed by atoms with van der Waals surface area (Å²) in [6.07, 6.45) is 1.86. The third kappa shape index (κ3) is 3.37. The van der Waals surface area contributed by atoms with E-state index in [-0.39, 0.29) is 5.91 Å². The molecule has 0 bridgehead atoms. The molecular formula is C14H25N5O. The van der Waals surface area contributed by atoms with Crippen LogP contribution in [0.25, 0.3) is 0 Å². The van der Waals surface area contributed by atoms with E-state index >= 15 is 0 Å². The molecule has 1 aliphatic rings. The molecule has 0 unspecified atom stereocenters. The van der Waals surface area contributed by atoms with Crippen LogP contribution < -0.4 is 5.73 Å². The smallest absolute Gasteiger partial charge is 0.272 e. The number of carbonyl (C=O) groups is 1.